The van der Waals surface area contributed by atoms with Crippen molar-refractivity contribution in [3.8, 4) is 0 Å². The molecule has 1 rings (SSSR count). The second-order valence-electron chi connectivity index (χ2n) is 3.67. The summed E-state index contributed by atoms with van der Waals surface area (Å²) < 4.78 is 23.0. The molecule has 14 heavy (non-hydrogen) atoms. The van der Waals surface area contributed by atoms with Crippen molar-refractivity contribution in [1.29, 1.82) is 0 Å². The van der Waals surface area contributed by atoms with Crippen LogP contribution in [0.3, 0.4) is 0 Å². The highest BCUT2D eigenvalue weighted by Gasteiger charge is 2.31. The second kappa shape index (κ2) is 5.60. The fraction of sp³-hybridized carbons (Fsp3) is 1.00. The van der Waals surface area contributed by atoms with Crippen LogP contribution in [-0.2, 0) is 9.47 Å². The fourth-order valence-corrected chi connectivity index (χ4v) is 1.63. The van der Waals surface area contributed by atoms with Crippen LogP contribution in [0.1, 0.15) is 0 Å². The maximum atomic E-state index is 13.2. The van der Waals surface area contributed by atoms with Gasteiger partial charge in [0, 0.05) is 13.7 Å². The van der Waals surface area contributed by atoms with Crippen LogP contribution < -0.4 is 0 Å². The largest absolute Gasteiger partial charge is 0.389 e. The summed E-state index contributed by atoms with van der Waals surface area (Å²) in [6.45, 7) is 1.24. The Balaban J connectivity index is 2.29. The summed E-state index contributed by atoms with van der Waals surface area (Å²) in [5, 5.41) is 9.44. The number of aliphatic hydroxyl groups excluding tert-OH is 1. The summed E-state index contributed by atoms with van der Waals surface area (Å²) in [4.78, 5) is 1.78. The predicted molar refractivity (Wildman–Crippen MR) is 50.0 cm³/mol. The van der Waals surface area contributed by atoms with E-state index in [9.17, 15) is 9.50 Å². The Hall–Kier alpha value is -0.230. The Morgan fingerprint density at radius 1 is 1.64 bits per heavy atom. The first-order valence-corrected chi connectivity index (χ1v) is 4.74. The van der Waals surface area contributed by atoms with E-state index in [4.69, 9.17) is 9.47 Å². The molecule has 0 aromatic heterocycles. The van der Waals surface area contributed by atoms with Gasteiger partial charge in [-0.05, 0) is 7.05 Å². The highest BCUT2D eigenvalue weighted by molar-refractivity contribution is 4.83. The van der Waals surface area contributed by atoms with Gasteiger partial charge in [0.2, 0.25) is 0 Å². The fourth-order valence-electron chi connectivity index (χ4n) is 1.63. The lowest BCUT2D eigenvalue weighted by Gasteiger charge is -2.26. The van der Waals surface area contributed by atoms with Crippen molar-refractivity contribution >= 4 is 0 Å². The Bertz CT molecular complexity index is 170. The van der Waals surface area contributed by atoms with E-state index in [1.807, 2.05) is 0 Å². The van der Waals surface area contributed by atoms with Crippen LogP contribution in [0.25, 0.3) is 0 Å². The van der Waals surface area contributed by atoms with Gasteiger partial charge in [0.1, 0.15) is 6.17 Å². The van der Waals surface area contributed by atoms with E-state index < -0.39 is 12.3 Å². The second-order valence-corrected chi connectivity index (χ2v) is 3.67. The van der Waals surface area contributed by atoms with E-state index in [-0.39, 0.29) is 19.3 Å². The topological polar surface area (TPSA) is 41.9 Å². The van der Waals surface area contributed by atoms with Crippen molar-refractivity contribution in [2.24, 2.45) is 0 Å². The summed E-state index contributed by atoms with van der Waals surface area (Å²) in [6, 6.07) is -0.235. The molecule has 5 heteroatoms. The molecule has 1 aliphatic rings. The minimum absolute atomic E-state index is 0.162. The first-order chi connectivity index (χ1) is 6.65. The third-order valence-corrected chi connectivity index (χ3v) is 2.41. The van der Waals surface area contributed by atoms with Gasteiger partial charge >= 0.3 is 0 Å². The van der Waals surface area contributed by atoms with Crippen molar-refractivity contribution in [2.75, 3.05) is 40.5 Å². The number of ether oxygens (including phenoxy) is 2. The molecule has 1 aliphatic heterocycles. The Kier molecular flexibility index (Phi) is 4.74. The lowest BCUT2D eigenvalue weighted by molar-refractivity contribution is 0.0276. The molecule has 1 fully saturated rings. The number of hydrogen-bond acceptors (Lipinski definition) is 4. The van der Waals surface area contributed by atoms with Gasteiger partial charge in [-0.15, -0.1) is 0 Å². The standard InChI is InChI=1S/C9H18FNO3/c1-11(3-7(12)4-13-2)9-6-14-5-8(9)10/h7-9,12H,3-6H2,1-2H3/t7?,8-,9-/m1/s1. The van der Waals surface area contributed by atoms with Crippen LogP contribution in [-0.4, -0.2) is 68.8 Å². The summed E-state index contributed by atoms with van der Waals surface area (Å²) >= 11 is 0. The first kappa shape index (κ1) is 11.8. The predicted octanol–water partition coefficient (Wildman–Crippen LogP) is -0.338. The van der Waals surface area contributed by atoms with Gasteiger partial charge in [-0.3, -0.25) is 4.90 Å². The monoisotopic (exact) mass is 207 g/mol. The van der Waals surface area contributed by atoms with Crippen molar-refractivity contribution in [3.05, 3.63) is 0 Å². The third-order valence-electron chi connectivity index (χ3n) is 2.41. The van der Waals surface area contributed by atoms with Crippen molar-refractivity contribution < 1.29 is 19.0 Å². The number of methoxy groups -OCH3 is 1. The molecule has 0 aromatic carbocycles. The minimum atomic E-state index is -0.949. The lowest BCUT2D eigenvalue weighted by Crippen LogP contribution is -2.43. The van der Waals surface area contributed by atoms with E-state index in [0.29, 0.717) is 13.2 Å². The molecule has 3 atom stereocenters. The number of rotatable bonds is 5. The molecule has 0 aromatic rings. The number of halogens is 1. The maximum Gasteiger partial charge on any atom is 0.141 e. The minimum Gasteiger partial charge on any atom is -0.389 e. The zero-order chi connectivity index (χ0) is 10.6. The van der Waals surface area contributed by atoms with Gasteiger partial charge in [-0.1, -0.05) is 0 Å². The number of alkyl halides is 1. The molecule has 0 bridgehead atoms. The molecule has 0 aliphatic carbocycles. The Labute approximate surface area is 83.6 Å². The lowest BCUT2D eigenvalue weighted by atomic mass is 10.2. The molecule has 84 valence electrons. The SMILES string of the molecule is COCC(O)CN(C)[C@@H]1COC[C@H]1F. The van der Waals surface area contributed by atoms with Crippen LogP contribution >= 0.6 is 0 Å². The number of aliphatic hydroxyl groups is 1. The van der Waals surface area contributed by atoms with Crippen LogP contribution in [0, 0.1) is 0 Å². The number of likely N-dealkylation sites (N-methyl/N-ethyl adjacent to an activating group) is 1. The molecule has 0 spiro atoms. The highest BCUT2D eigenvalue weighted by Crippen LogP contribution is 2.15. The average molecular weight is 207 g/mol. The summed E-state index contributed by atoms with van der Waals surface area (Å²) in [7, 11) is 3.31. The maximum absolute atomic E-state index is 13.2. The van der Waals surface area contributed by atoms with E-state index in [2.05, 4.69) is 0 Å². The van der Waals surface area contributed by atoms with Gasteiger partial charge in [0.25, 0.3) is 0 Å². The normalized spacial score (nSPS) is 29.8. The summed E-state index contributed by atoms with van der Waals surface area (Å²) in [6.07, 6.45) is -1.52. The van der Waals surface area contributed by atoms with Gasteiger partial charge in [0.05, 0.1) is 32.0 Å². The zero-order valence-electron chi connectivity index (χ0n) is 8.65. The van der Waals surface area contributed by atoms with Crippen LogP contribution in [0.2, 0.25) is 0 Å². The third kappa shape index (κ3) is 3.16. The van der Waals surface area contributed by atoms with E-state index in [1.165, 1.54) is 7.11 Å². The highest BCUT2D eigenvalue weighted by atomic mass is 19.1. The molecular formula is C9H18FNO3. The van der Waals surface area contributed by atoms with Crippen molar-refractivity contribution in [2.45, 2.75) is 18.3 Å². The van der Waals surface area contributed by atoms with Gasteiger partial charge < -0.3 is 14.6 Å². The van der Waals surface area contributed by atoms with E-state index >= 15 is 0 Å². The quantitative estimate of drug-likeness (QED) is 0.670. The van der Waals surface area contributed by atoms with Gasteiger partial charge in [0.15, 0.2) is 0 Å². The summed E-state index contributed by atoms with van der Waals surface area (Å²) in [5.41, 5.74) is 0. The molecular weight excluding hydrogens is 189 g/mol. The van der Waals surface area contributed by atoms with E-state index in [1.54, 1.807) is 11.9 Å². The Morgan fingerprint density at radius 3 is 2.86 bits per heavy atom. The molecule has 1 N–H and O–H groups in total. The zero-order valence-corrected chi connectivity index (χ0v) is 8.65. The molecule has 1 heterocycles. The molecule has 0 radical (unpaired) electrons. The van der Waals surface area contributed by atoms with Crippen LogP contribution in [0.4, 0.5) is 4.39 Å². The van der Waals surface area contributed by atoms with Crippen LogP contribution in [0.5, 0.6) is 0 Å². The smallest absolute Gasteiger partial charge is 0.141 e. The molecule has 1 saturated heterocycles. The van der Waals surface area contributed by atoms with Crippen molar-refractivity contribution in [1.82, 2.24) is 4.90 Å². The van der Waals surface area contributed by atoms with Gasteiger partial charge in [-0.2, -0.15) is 0 Å². The number of nitrogens with zero attached hydrogens (tertiary/aromatic N) is 1. The Morgan fingerprint density at radius 2 is 2.36 bits per heavy atom. The average Bonchev–Trinajstić information content (AvgIpc) is 2.51. The number of hydrogen-bond donors (Lipinski definition) is 1. The van der Waals surface area contributed by atoms with Crippen LogP contribution in [0.15, 0.2) is 0 Å². The molecule has 0 saturated carbocycles. The van der Waals surface area contributed by atoms with Crippen molar-refractivity contribution in [3.63, 3.8) is 0 Å². The summed E-state index contributed by atoms with van der Waals surface area (Å²) in [5.74, 6) is 0. The van der Waals surface area contributed by atoms with Gasteiger partial charge in [-0.25, -0.2) is 4.39 Å². The molecule has 4 nitrogen and oxygen atoms in total. The first-order valence-electron chi connectivity index (χ1n) is 4.74. The van der Waals surface area contributed by atoms with E-state index in [0.717, 1.165) is 0 Å². The molecule has 0 amide bonds. The molecule has 1 unspecified atom stereocenters.